The summed E-state index contributed by atoms with van der Waals surface area (Å²) in [5.41, 5.74) is 5.99. The summed E-state index contributed by atoms with van der Waals surface area (Å²) in [6, 6.07) is 0.199. The maximum absolute atomic E-state index is 12.6. The van der Waals surface area contributed by atoms with Crippen LogP contribution >= 0.6 is 12.4 Å². The van der Waals surface area contributed by atoms with E-state index in [1.54, 1.807) is 0 Å². The third-order valence-electron chi connectivity index (χ3n) is 4.95. The van der Waals surface area contributed by atoms with Gasteiger partial charge in [-0.2, -0.15) is 0 Å². The van der Waals surface area contributed by atoms with Gasteiger partial charge >= 0.3 is 0 Å². The Hall–Kier alpha value is -0.280. The summed E-state index contributed by atoms with van der Waals surface area (Å²) in [7, 11) is 0. The molecule has 118 valence electrons. The third-order valence-corrected chi connectivity index (χ3v) is 4.95. The summed E-state index contributed by atoms with van der Waals surface area (Å²) < 4.78 is 0. The van der Waals surface area contributed by atoms with Crippen LogP contribution in [0.3, 0.4) is 0 Å². The summed E-state index contributed by atoms with van der Waals surface area (Å²) >= 11 is 0. The molecule has 3 nitrogen and oxygen atoms in total. The fourth-order valence-electron chi connectivity index (χ4n) is 3.74. The van der Waals surface area contributed by atoms with Crippen molar-refractivity contribution in [3.05, 3.63) is 0 Å². The number of rotatable bonds is 4. The lowest BCUT2D eigenvalue weighted by Crippen LogP contribution is -2.48. The Bertz CT molecular complexity index is 292. The van der Waals surface area contributed by atoms with E-state index in [9.17, 15) is 4.79 Å². The molecule has 0 spiro atoms. The lowest BCUT2D eigenvalue weighted by Gasteiger charge is -2.34. The topological polar surface area (TPSA) is 46.3 Å². The van der Waals surface area contributed by atoms with E-state index >= 15 is 0 Å². The largest absolute Gasteiger partial charge is 0.341 e. The fourth-order valence-corrected chi connectivity index (χ4v) is 3.74. The second kappa shape index (κ2) is 8.89. The Morgan fingerprint density at radius 2 is 1.90 bits per heavy atom. The first kappa shape index (κ1) is 17.8. The summed E-state index contributed by atoms with van der Waals surface area (Å²) in [5.74, 6) is 1.41. The highest BCUT2D eigenvalue weighted by Gasteiger charge is 2.29. The van der Waals surface area contributed by atoms with Crippen LogP contribution in [-0.2, 0) is 4.79 Å². The molecule has 0 aromatic carbocycles. The number of hydrogen-bond acceptors (Lipinski definition) is 2. The molecule has 1 saturated carbocycles. The van der Waals surface area contributed by atoms with Crippen molar-refractivity contribution in [2.24, 2.45) is 17.6 Å². The van der Waals surface area contributed by atoms with Gasteiger partial charge in [0.25, 0.3) is 0 Å². The van der Waals surface area contributed by atoms with E-state index in [1.165, 1.54) is 32.1 Å². The molecule has 0 aromatic rings. The molecule has 2 unspecified atom stereocenters. The predicted octanol–water partition coefficient (Wildman–Crippen LogP) is 3.35. The molecule has 1 heterocycles. The van der Waals surface area contributed by atoms with Gasteiger partial charge in [0.1, 0.15) is 0 Å². The summed E-state index contributed by atoms with van der Waals surface area (Å²) in [4.78, 5) is 14.7. The Morgan fingerprint density at radius 1 is 1.20 bits per heavy atom. The van der Waals surface area contributed by atoms with Crippen LogP contribution in [0.4, 0.5) is 0 Å². The second-order valence-electron chi connectivity index (χ2n) is 6.53. The van der Waals surface area contributed by atoms with Gasteiger partial charge in [0, 0.05) is 25.0 Å². The van der Waals surface area contributed by atoms with Gasteiger partial charge in [-0.1, -0.05) is 39.0 Å². The van der Waals surface area contributed by atoms with Crippen LogP contribution < -0.4 is 5.73 Å². The first-order valence-corrected chi connectivity index (χ1v) is 8.25. The van der Waals surface area contributed by atoms with Crippen molar-refractivity contribution in [1.82, 2.24) is 4.90 Å². The van der Waals surface area contributed by atoms with Gasteiger partial charge in [-0.05, 0) is 31.6 Å². The first-order chi connectivity index (χ1) is 9.20. The van der Waals surface area contributed by atoms with Crippen molar-refractivity contribution in [2.75, 3.05) is 13.1 Å². The molecule has 2 N–H and O–H groups in total. The quantitative estimate of drug-likeness (QED) is 0.865. The minimum absolute atomic E-state index is 0. The molecule has 2 fully saturated rings. The summed E-state index contributed by atoms with van der Waals surface area (Å²) in [6.45, 7) is 3.86. The van der Waals surface area contributed by atoms with E-state index in [4.69, 9.17) is 5.73 Å². The minimum atomic E-state index is 0. The zero-order valence-electron chi connectivity index (χ0n) is 12.9. The molecule has 1 amide bonds. The summed E-state index contributed by atoms with van der Waals surface area (Å²) in [6.07, 6.45) is 11.0. The Labute approximate surface area is 130 Å². The molecule has 1 aliphatic carbocycles. The molecule has 2 rings (SSSR count). The number of carbonyl (C=O) groups excluding carboxylic acids is 1. The molecular weight excluding hydrogens is 272 g/mol. The highest BCUT2D eigenvalue weighted by atomic mass is 35.5. The fraction of sp³-hybridized carbons (Fsp3) is 0.938. The molecule has 4 heteroatoms. The maximum Gasteiger partial charge on any atom is 0.225 e. The highest BCUT2D eigenvalue weighted by Crippen LogP contribution is 2.31. The van der Waals surface area contributed by atoms with Crippen LogP contribution in [0.1, 0.15) is 64.7 Å². The Morgan fingerprint density at radius 3 is 2.50 bits per heavy atom. The van der Waals surface area contributed by atoms with Crippen LogP contribution in [0.2, 0.25) is 0 Å². The van der Waals surface area contributed by atoms with E-state index in [1.807, 2.05) is 4.90 Å². The van der Waals surface area contributed by atoms with Crippen LogP contribution in [0.5, 0.6) is 0 Å². The maximum atomic E-state index is 12.6. The number of amides is 1. The number of piperidine rings is 1. The molecule has 0 radical (unpaired) electrons. The van der Waals surface area contributed by atoms with Gasteiger partial charge in [0.05, 0.1) is 0 Å². The number of likely N-dealkylation sites (tertiary alicyclic amines) is 1. The van der Waals surface area contributed by atoms with Crippen molar-refractivity contribution >= 4 is 18.3 Å². The van der Waals surface area contributed by atoms with Crippen LogP contribution in [0.15, 0.2) is 0 Å². The number of halogens is 1. The highest BCUT2D eigenvalue weighted by molar-refractivity contribution is 5.85. The van der Waals surface area contributed by atoms with Gasteiger partial charge in [-0.25, -0.2) is 0 Å². The number of hydrogen-bond donors (Lipinski definition) is 1. The van der Waals surface area contributed by atoms with Gasteiger partial charge in [0.2, 0.25) is 5.91 Å². The molecule has 1 aliphatic heterocycles. The van der Waals surface area contributed by atoms with E-state index in [-0.39, 0.29) is 24.4 Å². The molecule has 2 atom stereocenters. The molecule has 1 saturated heterocycles. The number of nitrogens with two attached hydrogens (primary N) is 1. The standard InChI is InChI=1S/C16H30N2O.ClH/c1-2-14(11-13-7-4-3-5-8-13)16(19)18-10-6-9-15(17)12-18;/h13-15H,2-12,17H2,1H3;1H. The molecular formula is C16H31ClN2O. The minimum Gasteiger partial charge on any atom is -0.341 e. The van der Waals surface area contributed by atoms with E-state index in [0.29, 0.717) is 5.91 Å². The van der Waals surface area contributed by atoms with Crippen molar-refractivity contribution in [1.29, 1.82) is 0 Å². The van der Waals surface area contributed by atoms with Crippen molar-refractivity contribution < 1.29 is 4.79 Å². The van der Waals surface area contributed by atoms with Crippen LogP contribution in [0.25, 0.3) is 0 Å². The van der Waals surface area contributed by atoms with Crippen molar-refractivity contribution in [3.63, 3.8) is 0 Å². The SMILES string of the molecule is CCC(CC1CCCCC1)C(=O)N1CCCC(N)C1.Cl. The monoisotopic (exact) mass is 302 g/mol. The molecule has 2 aliphatic rings. The Kier molecular flexibility index (Phi) is 7.90. The lowest BCUT2D eigenvalue weighted by molar-refractivity contribution is -0.137. The van der Waals surface area contributed by atoms with E-state index in [0.717, 1.165) is 44.7 Å². The van der Waals surface area contributed by atoms with Crippen molar-refractivity contribution in [3.8, 4) is 0 Å². The molecule has 0 bridgehead atoms. The molecule has 20 heavy (non-hydrogen) atoms. The lowest BCUT2D eigenvalue weighted by atomic mass is 9.81. The van der Waals surface area contributed by atoms with Crippen LogP contribution in [0, 0.1) is 11.8 Å². The molecule has 0 aromatic heterocycles. The Balaban J connectivity index is 0.00000200. The van der Waals surface area contributed by atoms with E-state index < -0.39 is 0 Å². The summed E-state index contributed by atoms with van der Waals surface area (Å²) in [5, 5.41) is 0. The third kappa shape index (κ3) is 4.92. The second-order valence-corrected chi connectivity index (χ2v) is 6.53. The smallest absolute Gasteiger partial charge is 0.225 e. The van der Waals surface area contributed by atoms with Gasteiger partial charge < -0.3 is 10.6 Å². The zero-order valence-corrected chi connectivity index (χ0v) is 13.7. The van der Waals surface area contributed by atoms with Gasteiger partial charge in [0.15, 0.2) is 0 Å². The predicted molar refractivity (Wildman–Crippen MR) is 86.0 cm³/mol. The average Bonchev–Trinajstić information content (AvgIpc) is 2.45. The first-order valence-electron chi connectivity index (χ1n) is 8.25. The van der Waals surface area contributed by atoms with E-state index in [2.05, 4.69) is 6.92 Å². The normalized spacial score (nSPS) is 25.9. The van der Waals surface area contributed by atoms with Gasteiger partial charge in [-0.3, -0.25) is 4.79 Å². The number of nitrogens with zero attached hydrogens (tertiary/aromatic N) is 1. The van der Waals surface area contributed by atoms with Gasteiger partial charge in [-0.15, -0.1) is 12.4 Å². The van der Waals surface area contributed by atoms with Crippen molar-refractivity contribution in [2.45, 2.75) is 70.8 Å². The van der Waals surface area contributed by atoms with Crippen LogP contribution in [-0.4, -0.2) is 29.9 Å². The number of carbonyl (C=O) groups is 1. The zero-order chi connectivity index (χ0) is 13.7. The average molecular weight is 303 g/mol.